The van der Waals surface area contributed by atoms with Gasteiger partial charge in [0, 0.05) is 6.42 Å². The summed E-state index contributed by atoms with van der Waals surface area (Å²) in [5.41, 5.74) is -1.77. The highest BCUT2D eigenvalue weighted by molar-refractivity contribution is 7.97. The fourth-order valence-electron chi connectivity index (χ4n) is 15.6. The molecule has 5 aromatic carbocycles. The Morgan fingerprint density at radius 2 is 1.11 bits per heavy atom. The number of alkyl halides is 3. The van der Waals surface area contributed by atoms with Crippen molar-refractivity contribution in [2.75, 3.05) is 12.5 Å². The predicted octanol–water partition coefficient (Wildman–Crippen LogP) is 23.0. The van der Waals surface area contributed by atoms with Crippen molar-refractivity contribution < 1.29 is 103 Å². The number of para-hydroxylation sites is 2. The van der Waals surface area contributed by atoms with Gasteiger partial charge in [0.25, 0.3) is 0 Å². The van der Waals surface area contributed by atoms with Crippen LogP contribution in [0.1, 0.15) is 282 Å². The molecular formula is C96H133F3O19S2. The van der Waals surface area contributed by atoms with Crippen molar-refractivity contribution in [1.82, 2.24) is 0 Å². The van der Waals surface area contributed by atoms with E-state index < -0.39 is 79.4 Å². The molecule has 19 nitrogen and oxygen atoms in total. The van der Waals surface area contributed by atoms with Gasteiger partial charge in [-0.05, 0) is 288 Å². The molecule has 0 aromatic heterocycles. The number of hydrogen-bond donors (Lipinski definition) is 1. The van der Waals surface area contributed by atoms with Crippen LogP contribution in [-0.4, -0.2) is 102 Å². The number of esters is 5. The van der Waals surface area contributed by atoms with E-state index in [-0.39, 0.29) is 69.4 Å². The van der Waals surface area contributed by atoms with Crippen molar-refractivity contribution in [2.45, 2.75) is 330 Å². The normalized spacial score (nSPS) is 20.9. The third-order valence-electron chi connectivity index (χ3n) is 25.3. The third kappa shape index (κ3) is 27.0. The molecular weight excluding hydrogens is 1580 g/mol. The first kappa shape index (κ1) is 99.2. The number of phenolic OH excluding ortho intramolecular Hbond substituents is 1. The Bertz CT molecular complexity index is 4340. The third-order valence-corrected chi connectivity index (χ3v) is 28.3. The summed E-state index contributed by atoms with van der Waals surface area (Å²) in [5, 5.41) is 9.52. The maximum absolute atomic E-state index is 13.3. The molecule has 5 atom stereocenters. The lowest BCUT2D eigenvalue weighted by atomic mass is 9.48. The number of phenols is 1. The van der Waals surface area contributed by atoms with Gasteiger partial charge < -0.3 is 52.3 Å². The van der Waals surface area contributed by atoms with Crippen LogP contribution in [0.15, 0.2) is 141 Å². The van der Waals surface area contributed by atoms with Gasteiger partial charge in [0.2, 0.25) is 27.4 Å². The second-order valence-electron chi connectivity index (χ2n) is 36.6. The number of benzene rings is 5. The van der Waals surface area contributed by atoms with Crippen molar-refractivity contribution in [3.8, 4) is 28.7 Å². The van der Waals surface area contributed by atoms with E-state index in [4.69, 9.17) is 37.9 Å². The van der Waals surface area contributed by atoms with E-state index in [1.807, 2.05) is 98.7 Å². The summed E-state index contributed by atoms with van der Waals surface area (Å²) >= 11 is 0. The van der Waals surface area contributed by atoms with Crippen molar-refractivity contribution in [1.29, 1.82) is 0 Å². The second kappa shape index (κ2) is 42.4. The highest BCUT2D eigenvalue weighted by Gasteiger charge is 2.64. The number of Topliss-reactive ketones (excluding diaryl/α,β-unsaturated/α-hetero) is 1. The Hall–Kier alpha value is -7.93. The summed E-state index contributed by atoms with van der Waals surface area (Å²) in [6.45, 7) is 38.4. The fourth-order valence-corrected chi connectivity index (χ4v) is 18.4. The van der Waals surface area contributed by atoms with Crippen LogP contribution in [0.5, 0.6) is 28.7 Å². The number of carbonyl (C=O) groups is 6. The lowest BCUT2D eigenvalue weighted by Gasteiger charge is -2.60. The lowest BCUT2D eigenvalue weighted by molar-refractivity contribution is -0.239. The standard InChI is InChI=1S/C20H29F3O7S.C18H13OS.C17H26O2.C15H28O2.C14H20O3.C12H18O4/c1-4-17(2,3)15(24)30-19-8-12-5-13(9-19)7-18(6-12,11-19)16(25)29-14(20(21,22)23)10-31(26,27)28;1-2-8-14(9-3-1)20-17-12-6-4-10-15(17)19-16-11-5-7-13-18(16)20;1-3-14(2)15-9-11-17(12-10-15)19-13-18-16-7-5-4-6-8-16;1-6-14(2,3)13(16)17-15(4,5)12-10-8-7-9-11-12;1-6-14(4,5)13(16)17-12-8-7-11(15)9(2)10(12)3;1-6-12(4,5)11(14)16-10-8(3)15-7(2)9(10)13/h12-14H,4-11H2,1-3H3,(H,26,27,28);1-13H;9-12,14,16H,3-8,13H2,1-2H3;12H,6-11H2,1-5H3;7-8,15H,6H2,1-5H3;7H,6H2,1-5H3/q;+1;;;;/p-1. The van der Waals surface area contributed by atoms with Crippen LogP contribution in [-0.2, 0) is 78.2 Å². The van der Waals surface area contributed by atoms with E-state index in [0.29, 0.717) is 74.8 Å². The predicted molar refractivity (Wildman–Crippen MR) is 457 cm³/mol. The van der Waals surface area contributed by atoms with Crippen LogP contribution in [0.2, 0.25) is 0 Å². The number of ketones is 1. The molecule has 8 aliphatic rings. The summed E-state index contributed by atoms with van der Waals surface area (Å²) in [5.74, 6) is 0.792. The number of allylic oxidation sites excluding steroid dienone is 1. The highest BCUT2D eigenvalue weighted by atomic mass is 32.2. The van der Waals surface area contributed by atoms with Gasteiger partial charge in [0.15, 0.2) is 29.3 Å². The molecule has 664 valence electrons. The summed E-state index contributed by atoms with van der Waals surface area (Å²) in [6.07, 6.45) is 10.7. The number of carbonyl (C=O) groups excluding carboxylic acids is 6. The van der Waals surface area contributed by atoms with Gasteiger partial charge in [-0.25, -0.2) is 8.42 Å². The molecule has 4 bridgehead atoms. The molecule has 13 rings (SSSR count). The van der Waals surface area contributed by atoms with Gasteiger partial charge >= 0.3 is 36.0 Å². The molecule has 6 saturated carbocycles. The fraction of sp³-hybridized carbons (Fsp3) is 0.604. The SMILES string of the molecule is CCC(C)(C)C(=O)OC(C)(C)C1CCCCC1.CCC(C)(C)C(=O)OC12CC3CC(C1)CC(C(=O)OC(CS(=O)(=O)[O-])C(F)(F)F)(C3)C2.CCC(C)(C)C(=O)OC1=C(C)OC(C)C1=O.CCC(C)(C)C(=O)Oc1ccc(O)c(C)c1C.CCC(C)c1ccc(OCOC2CCCCC2)cc1.c1ccc([S+]2c3ccccc3Oc3ccccc32)cc1. The molecule has 0 saturated heterocycles. The second-order valence-corrected chi connectivity index (χ2v) is 40.0. The molecule has 5 aromatic rings. The molecule has 120 heavy (non-hydrogen) atoms. The van der Waals surface area contributed by atoms with E-state index in [0.717, 1.165) is 47.6 Å². The number of fused-ring (bicyclic) bond motifs is 2. The maximum atomic E-state index is 13.3. The zero-order chi connectivity index (χ0) is 89.2. The zero-order valence-corrected chi connectivity index (χ0v) is 76.2. The molecule has 2 aliphatic heterocycles. The molecule has 2 heterocycles. The van der Waals surface area contributed by atoms with Gasteiger partial charge in [-0.2, -0.15) is 13.2 Å². The Morgan fingerprint density at radius 1 is 0.617 bits per heavy atom. The summed E-state index contributed by atoms with van der Waals surface area (Å²) < 4.78 is 122. The summed E-state index contributed by atoms with van der Waals surface area (Å²) in [6, 6.07) is 38.9. The van der Waals surface area contributed by atoms with Crippen LogP contribution in [0, 0.1) is 58.7 Å². The van der Waals surface area contributed by atoms with Gasteiger partial charge in [0.1, 0.15) is 45.1 Å². The Balaban J connectivity index is 0.000000202. The van der Waals surface area contributed by atoms with E-state index in [9.17, 15) is 60.0 Å². The minimum absolute atomic E-state index is 0.00100. The van der Waals surface area contributed by atoms with Gasteiger partial charge in [0.05, 0.1) is 49.0 Å². The van der Waals surface area contributed by atoms with Gasteiger partial charge in [-0.1, -0.05) is 135 Å². The Morgan fingerprint density at radius 3 is 1.60 bits per heavy atom. The number of hydrogen-bond acceptors (Lipinski definition) is 19. The van der Waals surface area contributed by atoms with Crippen molar-refractivity contribution in [3.05, 3.63) is 143 Å². The molecule has 6 aliphatic carbocycles. The molecule has 0 spiro atoms. The molecule has 24 heteroatoms. The first-order valence-corrected chi connectivity index (χ1v) is 45.7. The maximum Gasteiger partial charge on any atom is 0.426 e. The molecule has 0 amide bonds. The number of rotatable bonds is 24. The first-order valence-electron chi connectivity index (χ1n) is 42.9. The van der Waals surface area contributed by atoms with E-state index in [1.165, 1.54) is 90.9 Å². The number of ether oxygens (including phenoxy) is 9. The number of halogens is 3. The Kier molecular flexibility index (Phi) is 35.1. The largest absolute Gasteiger partial charge is 0.748 e. The minimum atomic E-state index is -5.27. The van der Waals surface area contributed by atoms with E-state index >= 15 is 0 Å². The Labute approximate surface area is 714 Å². The zero-order valence-electron chi connectivity index (χ0n) is 74.5. The minimum Gasteiger partial charge on any atom is -0.748 e. The summed E-state index contributed by atoms with van der Waals surface area (Å²) in [7, 11) is -5.35. The van der Waals surface area contributed by atoms with Crippen molar-refractivity contribution in [3.63, 3.8) is 0 Å². The van der Waals surface area contributed by atoms with E-state index in [1.54, 1.807) is 60.6 Å². The van der Waals surface area contributed by atoms with Gasteiger partial charge in [-0.3, -0.25) is 28.8 Å². The molecule has 5 unspecified atom stereocenters. The van der Waals surface area contributed by atoms with Gasteiger partial charge in [-0.15, -0.1) is 0 Å². The van der Waals surface area contributed by atoms with Crippen LogP contribution in [0.3, 0.4) is 0 Å². The van der Waals surface area contributed by atoms with Crippen LogP contribution in [0.4, 0.5) is 13.2 Å². The van der Waals surface area contributed by atoms with Crippen LogP contribution >= 0.6 is 0 Å². The quantitative estimate of drug-likeness (QED) is 0.0147. The monoisotopic (exact) mass is 1710 g/mol. The first-order chi connectivity index (χ1) is 56.1. The molecule has 6 fully saturated rings. The smallest absolute Gasteiger partial charge is 0.426 e. The lowest BCUT2D eigenvalue weighted by Crippen LogP contribution is -2.61. The number of aromatic hydroxyl groups is 1. The molecule has 0 radical (unpaired) electrons. The average Bonchev–Trinajstić information content (AvgIpc) is 0.769. The van der Waals surface area contributed by atoms with Crippen molar-refractivity contribution >= 4 is 56.6 Å². The van der Waals surface area contributed by atoms with Crippen molar-refractivity contribution in [2.24, 2.45) is 44.8 Å². The topological polar surface area (TPSA) is 263 Å². The van der Waals surface area contributed by atoms with E-state index in [2.05, 4.69) is 99.2 Å². The average molecular weight is 1710 g/mol. The summed E-state index contributed by atoms with van der Waals surface area (Å²) in [4.78, 5) is 77.0. The van der Waals surface area contributed by atoms with Crippen LogP contribution in [0.25, 0.3) is 0 Å². The van der Waals surface area contributed by atoms with Crippen LogP contribution < -0.4 is 14.2 Å². The highest BCUT2D eigenvalue weighted by Crippen LogP contribution is 2.64. The molecule has 1 N–H and O–H groups in total.